The van der Waals surface area contributed by atoms with E-state index in [1.165, 1.54) is 6.07 Å². The van der Waals surface area contributed by atoms with Gasteiger partial charge in [-0.1, -0.05) is 66.7 Å². The molecule has 6 heteroatoms. The first-order valence-electron chi connectivity index (χ1n) is 8.87. The van der Waals surface area contributed by atoms with E-state index in [-0.39, 0.29) is 17.0 Å². The predicted octanol–water partition coefficient (Wildman–Crippen LogP) is 4.11. The average Bonchev–Trinajstić information content (AvgIpc) is 2.67. The molecule has 0 aliphatic heterocycles. The summed E-state index contributed by atoms with van der Waals surface area (Å²) in [6.45, 7) is 0. The minimum absolute atomic E-state index is 0.0694. The number of carbonyl (C=O) groups is 1. The quantitative estimate of drug-likeness (QED) is 0.601. The van der Waals surface area contributed by atoms with E-state index in [1.807, 2.05) is 36.4 Å². The van der Waals surface area contributed by atoms with Crippen LogP contribution in [0.5, 0.6) is 0 Å². The Kier molecular flexibility index (Phi) is 6.11. The Balaban J connectivity index is 1.80. The zero-order valence-corrected chi connectivity index (χ0v) is 16.0. The van der Waals surface area contributed by atoms with Gasteiger partial charge in [-0.2, -0.15) is 0 Å². The Labute approximate surface area is 164 Å². The largest absolute Gasteiger partial charge is 0.478 e. The normalized spacial score (nSPS) is 11.1. The molecule has 5 nitrogen and oxygen atoms in total. The van der Waals surface area contributed by atoms with Gasteiger partial charge < -0.3 is 5.11 Å². The SMILES string of the molecule is O=C(O)c1ccc(CCc2ccccc2)cc1NS(=O)(=O)Cc1ccccc1. The summed E-state index contributed by atoms with van der Waals surface area (Å²) in [6, 6.07) is 23.5. The Morgan fingerprint density at radius 2 is 1.36 bits per heavy atom. The van der Waals surface area contributed by atoms with Crippen molar-refractivity contribution in [3.63, 3.8) is 0 Å². The summed E-state index contributed by atoms with van der Waals surface area (Å²) < 4.78 is 27.5. The molecule has 0 aromatic heterocycles. The first-order chi connectivity index (χ1) is 13.4. The van der Waals surface area contributed by atoms with Crippen molar-refractivity contribution in [1.82, 2.24) is 0 Å². The molecule has 0 radical (unpaired) electrons. The van der Waals surface area contributed by atoms with Crippen molar-refractivity contribution in [3.8, 4) is 0 Å². The number of rotatable bonds is 8. The number of hydrogen-bond acceptors (Lipinski definition) is 3. The van der Waals surface area contributed by atoms with Crippen molar-refractivity contribution in [2.45, 2.75) is 18.6 Å². The minimum atomic E-state index is -3.74. The highest BCUT2D eigenvalue weighted by Crippen LogP contribution is 2.22. The Morgan fingerprint density at radius 1 is 0.786 bits per heavy atom. The van der Waals surface area contributed by atoms with Gasteiger partial charge in [0.2, 0.25) is 10.0 Å². The standard InChI is InChI=1S/C22H21NO4S/c24-22(25)20-14-13-18(12-11-17-7-3-1-4-8-17)15-21(20)23-28(26,27)16-19-9-5-2-6-10-19/h1-10,13-15,23H,11-12,16H2,(H,24,25). The number of hydrogen-bond donors (Lipinski definition) is 2. The van der Waals surface area contributed by atoms with Gasteiger partial charge in [0.1, 0.15) is 0 Å². The van der Waals surface area contributed by atoms with Gasteiger partial charge in [0, 0.05) is 0 Å². The average molecular weight is 395 g/mol. The van der Waals surface area contributed by atoms with Crippen LogP contribution in [0.25, 0.3) is 0 Å². The summed E-state index contributed by atoms with van der Waals surface area (Å²) in [7, 11) is -3.74. The highest BCUT2D eigenvalue weighted by molar-refractivity contribution is 7.91. The molecule has 0 fully saturated rings. The molecule has 0 bridgehead atoms. The van der Waals surface area contributed by atoms with Crippen LogP contribution in [0.1, 0.15) is 27.0 Å². The lowest BCUT2D eigenvalue weighted by molar-refractivity contribution is 0.0698. The number of benzene rings is 3. The second kappa shape index (κ2) is 8.71. The van der Waals surface area contributed by atoms with E-state index in [0.29, 0.717) is 12.0 Å². The molecule has 3 aromatic rings. The molecule has 0 saturated heterocycles. The number of aryl methyl sites for hydroxylation is 2. The molecular formula is C22H21NO4S. The van der Waals surface area contributed by atoms with E-state index in [4.69, 9.17) is 0 Å². The molecular weight excluding hydrogens is 374 g/mol. The lowest BCUT2D eigenvalue weighted by atomic mass is 10.0. The number of carboxylic acid groups (broad SMARTS) is 1. The zero-order chi connectivity index (χ0) is 20.0. The summed E-state index contributed by atoms with van der Waals surface area (Å²) in [5, 5.41) is 9.42. The van der Waals surface area contributed by atoms with E-state index in [9.17, 15) is 18.3 Å². The molecule has 0 amide bonds. The summed E-state index contributed by atoms with van der Waals surface area (Å²) in [6.07, 6.45) is 1.46. The topological polar surface area (TPSA) is 83.5 Å². The zero-order valence-electron chi connectivity index (χ0n) is 15.2. The highest BCUT2D eigenvalue weighted by atomic mass is 32.2. The molecule has 144 valence electrons. The number of sulfonamides is 1. The smallest absolute Gasteiger partial charge is 0.337 e. The first-order valence-corrected chi connectivity index (χ1v) is 10.5. The summed E-state index contributed by atoms with van der Waals surface area (Å²) in [5.41, 5.74) is 2.68. The highest BCUT2D eigenvalue weighted by Gasteiger charge is 2.17. The van der Waals surface area contributed by atoms with Crippen molar-refractivity contribution in [3.05, 3.63) is 101 Å². The van der Waals surface area contributed by atoms with Gasteiger partial charge in [0.05, 0.1) is 17.0 Å². The molecule has 3 aromatic carbocycles. The second-order valence-corrected chi connectivity index (χ2v) is 8.24. The van der Waals surface area contributed by atoms with Crippen molar-refractivity contribution >= 4 is 21.7 Å². The summed E-state index contributed by atoms with van der Waals surface area (Å²) in [5.74, 6) is -1.40. The minimum Gasteiger partial charge on any atom is -0.478 e. The van der Waals surface area contributed by atoms with Crippen molar-refractivity contribution in [1.29, 1.82) is 0 Å². The maximum atomic E-state index is 12.5. The van der Waals surface area contributed by atoms with Crippen LogP contribution in [-0.2, 0) is 28.6 Å². The van der Waals surface area contributed by atoms with E-state index >= 15 is 0 Å². The fraction of sp³-hybridized carbons (Fsp3) is 0.136. The van der Waals surface area contributed by atoms with Crippen LogP contribution in [-0.4, -0.2) is 19.5 Å². The number of nitrogens with one attached hydrogen (secondary N) is 1. The fourth-order valence-electron chi connectivity index (χ4n) is 2.95. The number of carboxylic acids is 1. The molecule has 28 heavy (non-hydrogen) atoms. The maximum absolute atomic E-state index is 12.5. The summed E-state index contributed by atoms with van der Waals surface area (Å²) >= 11 is 0. The molecule has 2 N–H and O–H groups in total. The molecule has 0 heterocycles. The molecule has 0 atom stereocenters. The third-order valence-corrected chi connectivity index (χ3v) is 5.57. The molecule has 0 aliphatic carbocycles. The van der Waals surface area contributed by atoms with Gasteiger partial charge in [-0.05, 0) is 41.7 Å². The van der Waals surface area contributed by atoms with Crippen LogP contribution in [0.15, 0.2) is 78.9 Å². The van der Waals surface area contributed by atoms with Gasteiger partial charge in [-0.25, -0.2) is 13.2 Å². The molecule has 0 saturated carbocycles. The maximum Gasteiger partial charge on any atom is 0.337 e. The van der Waals surface area contributed by atoms with Crippen LogP contribution in [0.2, 0.25) is 0 Å². The monoisotopic (exact) mass is 395 g/mol. The van der Waals surface area contributed by atoms with E-state index in [2.05, 4.69) is 4.72 Å². The second-order valence-electron chi connectivity index (χ2n) is 6.52. The molecule has 3 rings (SSSR count). The van der Waals surface area contributed by atoms with E-state index in [0.717, 1.165) is 17.5 Å². The molecule has 0 aliphatic rings. The summed E-state index contributed by atoms with van der Waals surface area (Å²) in [4.78, 5) is 11.5. The third kappa shape index (κ3) is 5.44. The van der Waals surface area contributed by atoms with Crippen LogP contribution in [0.4, 0.5) is 5.69 Å². The van der Waals surface area contributed by atoms with Gasteiger partial charge in [-0.15, -0.1) is 0 Å². The molecule has 0 unspecified atom stereocenters. The Hall–Kier alpha value is -3.12. The Bertz CT molecular complexity index is 1050. The van der Waals surface area contributed by atoms with Gasteiger partial charge in [-0.3, -0.25) is 4.72 Å². The fourth-order valence-corrected chi connectivity index (χ4v) is 4.16. The van der Waals surface area contributed by atoms with Gasteiger partial charge in [0.15, 0.2) is 0 Å². The lowest BCUT2D eigenvalue weighted by Crippen LogP contribution is -2.17. The van der Waals surface area contributed by atoms with Crippen LogP contribution in [0.3, 0.4) is 0 Å². The van der Waals surface area contributed by atoms with Crippen LogP contribution < -0.4 is 4.72 Å². The van der Waals surface area contributed by atoms with Crippen molar-refractivity contribution < 1.29 is 18.3 Å². The van der Waals surface area contributed by atoms with Crippen LogP contribution in [0, 0.1) is 0 Å². The molecule has 0 spiro atoms. The van der Waals surface area contributed by atoms with Crippen molar-refractivity contribution in [2.75, 3.05) is 4.72 Å². The lowest BCUT2D eigenvalue weighted by Gasteiger charge is -2.13. The van der Waals surface area contributed by atoms with Gasteiger partial charge >= 0.3 is 5.97 Å². The van der Waals surface area contributed by atoms with E-state index in [1.54, 1.807) is 36.4 Å². The van der Waals surface area contributed by atoms with Crippen molar-refractivity contribution in [2.24, 2.45) is 0 Å². The van der Waals surface area contributed by atoms with Crippen LogP contribution >= 0.6 is 0 Å². The third-order valence-electron chi connectivity index (χ3n) is 4.32. The number of aromatic carboxylic acids is 1. The van der Waals surface area contributed by atoms with Gasteiger partial charge in [0.25, 0.3) is 0 Å². The number of anilines is 1. The first kappa shape index (κ1) is 19.6. The predicted molar refractivity (Wildman–Crippen MR) is 110 cm³/mol. The Morgan fingerprint density at radius 3 is 1.96 bits per heavy atom. The van der Waals surface area contributed by atoms with E-state index < -0.39 is 16.0 Å².